The molecule has 1 aromatic carbocycles. The number of hydrogen-bond acceptors (Lipinski definition) is 6. The zero-order valence-corrected chi connectivity index (χ0v) is 15.1. The summed E-state index contributed by atoms with van der Waals surface area (Å²) in [6, 6.07) is 10.4. The quantitative estimate of drug-likeness (QED) is 0.781. The minimum Gasteiger partial charge on any atom is -0.396 e. The molecule has 0 bridgehead atoms. The molecule has 0 unspecified atom stereocenters. The lowest BCUT2D eigenvalue weighted by Crippen LogP contribution is -2.22. The number of aromatic nitrogens is 3. The van der Waals surface area contributed by atoms with Crippen LogP contribution in [0.25, 0.3) is 22.3 Å². The average Bonchev–Trinajstić information content (AvgIpc) is 3.16. The highest BCUT2D eigenvalue weighted by Gasteiger charge is 2.25. The lowest BCUT2D eigenvalue weighted by molar-refractivity contribution is 0.238. The van der Waals surface area contributed by atoms with Crippen molar-refractivity contribution < 1.29 is 5.11 Å². The molecule has 3 heterocycles. The number of aliphatic hydroxyl groups is 1. The molecule has 0 spiro atoms. The average molecular weight is 349 g/mol. The lowest BCUT2D eigenvalue weighted by Gasteiger charge is -2.20. The van der Waals surface area contributed by atoms with Crippen LogP contribution in [-0.4, -0.2) is 53.9 Å². The maximum atomic E-state index is 9.47. The Morgan fingerprint density at radius 2 is 1.92 bits per heavy atom. The second-order valence-electron chi connectivity index (χ2n) is 6.98. The van der Waals surface area contributed by atoms with Gasteiger partial charge < -0.3 is 14.9 Å². The molecule has 0 aliphatic carbocycles. The van der Waals surface area contributed by atoms with Crippen LogP contribution in [0.5, 0.6) is 0 Å². The Kier molecular flexibility index (Phi) is 4.42. The van der Waals surface area contributed by atoms with Crippen molar-refractivity contribution in [2.24, 2.45) is 5.92 Å². The maximum Gasteiger partial charge on any atom is 0.157 e. The van der Waals surface area contributed by atoms with Crippen LogP contribution in [0.15, 0.2) is 42.7 Å². The minimum atomic E-state index is 0.214. The number of hydrogen-bond donors (Lipinski definition) is 1. The van der Waals surface area contributed by atoms with Gasteiger partial charge in [0.2, 0.25) is 0 Å². The number of pyridine rings is 1. The molecule has 1 atom stereocenters. The summed E-state index contributed by atoms with van der Waals surface area (Å²) in [5, 5.41) is 9.47. The minimum absolute atomic E-state index is 0.214. The highest BCUT2D eigenvalue weighted by molar-refractivity contribution is 5.89. The summed E-state index contributed by atoms with van der Waals surface area (Å²) in [6.07, 6.45) is 4.39. The van der Waals surface area contributed by atoms with Gasteiger partial charge >= 0.3 is 0 Å². The molecule has 1 aliphatic heterocycles. The molecule has 26 heavy (non-hydrogen) atoms. The van der Waals surface area contributed by atoms with Crippen LogP contribution < -0.4 is 9.80 Å². The van der Waals surface area contributed by atoms with E-state index in [1.165, 1.54) is 0 Å². The molecule has 6 heteroatoms. The van der Waals surface area contributed by atoms with Crippen LogP contribution in [0.2, 0.25) is 0 Å². The summed E-state index contributed by atoms with van der Waals surface area (Å²) in [7, 11) is 4.06. The number of aliphatic hydroxyl groups excluding tert-OH is 1. The molecule has 1 saturated heterocycles. The van der Waals surface area contributed by atoms with Crippen molar-refractivity contribution in [1.82, 2.24) is 15.0 Å². The zero-order chi connectivity index (χ0) is 18.1. The van der Waals surface area contributed by atoms with E-state index in [0.29, 0.717) is 5.92 Å². The first-order valence-corrected chi connectivity index (χ1v) is 8.91. The first kappa shape index (κ1) is 16.7. The van der Waals surface area contributed by atoms with Crippen LogP contribution in [0, 0.1) is 5.92 Å². The molecule has 0 saturated carbocycles. The Morgan fingerprint density at radius 1 is 1.15 bits per heavy atom. The molecule has 6 nitrogen and oxygen atoms in total. The van der Waals surface area contributed by atoms with Gasteiger partial charge in [-0.05, 0) is 24.6 Å². The van der Waals surface area contributed by atoms with Gasteiger partial charge in [0.05, 0.1) is 11.2 Å². The molecule has 0 amide bonds. The Balaban J connectivity index is 1.79. The van der Waals surface area contributed by atoms with Crippen molar-refractivity contribution in [3.8, 4) is 11.3 Å². The molecule has 1 N–H and O–H groups in total. The third-order valence-corrected chi connectivity index (χ3v) is 4.96. The van der Waals surface area contributed by atoms with E-state index >= 15 is 0 Å². The van der Waals surface area contributed by atoms with Gasteiger partial charge in [0.15, 0.2) is 5.82 Å². The number of benzene rings is 1. The number of fused-ring (bicyclic) bond motifs is 1. The van der Waals surface area contributed by atoms with Crippen LogP contribution in [0.3, 0.4) is 0 Å². The Labute approximate surface area is 153 Å². The van der Waals surface area contributed by atoms with Crippen molar-refractivity contribution >= 4 is 22.5 Å². The standard InChI is InChI=1S/C20H23N5O/c1-24(2)16-5-3-15(4-6-16)17-11-18-19(22-9-8-21-18)20(23-17)25-10-7-14(12-25)13-26/h3-6,8-9,11,14,26H,7,10,12-13H2,1-2H3/t14-/m0/s1. The van der Waals surface area contributed by atoms with Gasteiger partial charge in [-0.15, -0.1) is 0 Å². The Morgan fingerprint density at radius 3 is 2.62 bits per heavy atom. The largest absolute Gasteiger partial charge is 0.396 e. The van der Waals surface area contributed by atoms with E-state index in [4.69, 9.17) is 4.98 Å². The van der Waals surface area contributed by atoms with Gasteiger partial charge in [0.25, 0.3) is 0 Å². The smallest absolute Gasteiger partial charge is 0.157 e. The van der Waals surface area contributed by atoms with Gasteiger partial charge in [-0.25, -0.2) is 9.97 Å². The summed E-state index contributed by atoms with van der Waals surface area (Å²) >= 11 is 0. The number of rotatable bonds is 4. The topological polar surface area (TPSA) is 65.4 Å². The van der Waals surface area contributed by atoms with E-state index in [9.17, 15) is 5.11 Å². The van der Waals surface area contributed by atoms with E-state index < -0.39 is 0 Å². The summed E-state index contributed by atoms with van der Waals surface area (Å²) < 4.78 is 0. The van der Waals surface area contributed by atoms with Crippen LogP contribution >= 0.6 is 0 Å². The second-order valence-corrected chi connectivity index (χ2v) is 6.98. The molecule has 4 rings (SSSR count). The van der Waals surface area contributed by atoms with Crippen molar-refractivity contribution in [1.29, 1.82) is 0 Å². The van der Waals surface area contributed by atoms with Crippen molar-refractivity contribution in [2.75, 3.05) is 43.6 Å². The second kappa shape index (κ2) is 6.88. The third-order valence-electron chi connectivity index (χ3n) is 4.96. The fourth-order valence-electron chi connectivity index (χ4n) is 3.43. The predicted molar refractivity (Wildman–Crippen MR) is 105 cm³/mol. The van der Waals surface area contributed by atoms with Gasteiger partial charge in [0.1, 0.15) is 5.52 Å². The van der Waals surface area contributed by atoms with Gasteiger partial charge in [-0.1, -0.05) is 12.1 Å². The molecular formula is C20H23N5O. The highest BCUT2D eigenvalue weighted by Crippen LogP contribution is 2.31. The molecular weight excluding hydrogens is 326 g/mol. The predicted octanol–water partition coefficient (Wildman–Crippen LogP) is 2.58. The number of anilines is 2. The summed E-state index contributed by atoms with van der Waals surface area (Å²) in [6.45, 7) is 1.90. The van der Waals surface area contributed by atoms with E-state index in [1.54, 1.807) is 12.4 Å². The molecule has 1 aliphatic rings. The Bertz CT molecular complexity index is 910. The van der Waals surface area contributed by atoms with Crippen LogP contribution in [-0.2, 0) is 0 Å². The lowest BCUT2D eigenvalue weighted by atomic mass is 10.1. The van der Waals surface area contributed by atoms with E-state index in [-0.39, 0.29) is 6.61 Å². The van der Waals surface area contributed by atoms with Gasteiger partial charge in [-0.3, -0.25) is 4.98 Å². The SMILES string of the molecule is CN(C)c1ccc(-c2cc3nccnc3c(N3CC[C@H](CO)C3)n2)cc1. The summed E-state index contributed by atoms with van der Waals surface area (Å²) in [4.78, 5) is 18.2. The third kappa shape index (κ3) is 3.08. The molecule has 3 aromatic rings. The molecule has 0 radical (unpaired) electrons. The van der Waals surface area contributed by atoms with E-state index in [0.717, 1.165) is 53.3 Å². The monoisotopic (exact) mass is 349 g/mol. The van der Waals surface area contributed by atoms with Crippen molar-refractivity contribution in [3.63, 3.8) is 0 Å². The summed E-state index contributed by atoms with van der Waals surface area (Å²) in [5.41, 5.74) is 4.77. The normalized spacial score (nSPS) is 17.0. The van der Waals surface area contributed by atoms with Gasteiger partial charge in [-0.2, -0.15) is 0 Å². The van der Waals surface area contributed by atoms with E-state index in [1.807, 2.05) is 20.2 Å². The van der Waals surface area contributed by atoms with E-state index in [2.05, 4.69) is 44.0 Å². The first-order valence-electron chi connectivity index (χ1n) is 8.91. The fourth-order valence-corrected chi connectivity index (χ4v) is 3.43. The first-order chi connectivity index (χ1) is 12.7. The van der Waals surface area contributed by atoms with Crippen LogP contribution in [0.1, 0.15) is 6.42 Å². The molecule has 134 valence electrons. The molecule has 1 fully saturated rings. The zero-order valence-electron chi connectivity index (χ0n) is 15.1. The Hall–Kier alpha value is -2.73. The van der Waals surface area contributed by atoms with Crippen LogP contribution in [0.4, 0.5) is 11.5 Å². The number of nitrogens with zero attached hydrogens (tertiary/aromatic N) is 5. The van der Waals surface area contributed by atoms with Crippen molar-refractivity contribution in [3.05, 3.63) is 42.7 Å². The highest BCUT2D eigenvalue weighted by atomic mass is 16.3. The summed E-state index contributed by atoms with van der Waals surface area (Å²) in [5.74, 6) is 1.16. The maximum absolute atomic E-state index is 9.47. The molecule has 2 aromatic heterocycles. The van der Waals surface area contributed by atoms with Gasteiger partial charge in [0, 0.05) is 63.4 Å². The fraction of sp³-hybridized carbons (Fsp3) is 0.350. The van der Waals surface area contributed by atoms with Crippen molar-refractivity contribution in [2.45, 2.75) is 6.42 Å².